The van der Waals surface area contributed by atoms with Gasteiger partial charge in [0, 0.05) is 11.8 Å². The van der Waals surface area contributed by atoms with E-state index in [-0.39, 0.29) is 0 Å². The molecule has 1 atom stereocenters. The van der Waals surface area contributed by atoms with Gasteiger partial charge in [0.15, 0.2) is 0 Å². The molecule has 0 radical (unpaired) electrons. The number of hydrogen-bond acceptors (Lipinski definition) is 3. The molecule has 1 heterocycles. The van der Waals surface area contributed by atoms with Crippen LogP contribution < -0.4 is 5.32 Å². The second-order valence-corrected chi connectivity index (χ2v) is 5.08. The summed E-state index contributed by atoms with van der Waals surface area (Å²) in [6.07, 6.45) is 2.31. The van der Waals surface area contributed by atoms with E-state index in [0.717, 1.165) is 23.8 Å². The third kappa shape index (κ3) is 4.56. The van der Waals surface area contributed by atoms with Crippen LogP contribution in [0, 0.1) is 0 Å². The van der Waals surface area contributed by atoms with Gasteiger partial charge in [0.05, 0.1) is 5.03 Å². The molecule has 0 amide bonds. The van der Waals surface area contributed by atoms with Crippen LogP contribution in [0.15, 0.2) is 23.2 Å². The summed E-state index contributed by atoms with van der Waals surface area (Å²) in [6.45, 7) is 7.59. The smallest absolute Gasteiger partial charge is 0.127 e. The molecule has 3 heteroatoms. The third-order valence-electron chi connectivity index (χ3n) is 2.18. The number of thioether (sulfide) groups is 1. The highest BCUT2D eigenvalue weighted by Gasteiger charge is 2.03. The van der Waals surface area contributed by atoms with Crippen molar-refractivity contribution in [1.82, 2.24) is 4.98 Å². The zero-order chi connectivity index (χ0) is 11.1. The van der Waals surface area contributed by atoms with Gasteiger partial charge in [-0.15, -0.1) is 11.8 Å². The van der Waals surface area contributed by atoms with Gasteiger partial charge in [-0.3, -0.25) is 0 Å². The van der Waals surface area contributed by atoms with Crippen molar-refractivity contribution in [2.45, 2.75) is 43.9 Å². The third-order valence-corrected chi connectivity index (χ3v) is 3.38. The summed E-state index contributed by atoms with van der Waals surface area (Å²) in [7, 11) is 0. The lowest BCUT2D eigenvalue weighted by atomic mass is 10.4. The van der Waals surface area contributed by atoms with Crippen molar-refractivity contribution < 1.29 is 0 Å². The van der Waals surface area contributed by atoms with Gasteiger partial charge in [0.2, 0.25) is 0 Å². The van der Waals surface area contributed by atoms with Gasteiger partial charge in [-0.1, -0.05) is 26.8 Å². The number of hydrogen-bond donors (Lipinski definition) is 1. The van der Waals surface area contributed by atoms with Crippen molar-refractivity contribution in [2.24, 2.45) is 0 Å². The van der Waals surface area contributed by atoms with Crippen LogP contribution in [0.5, 0.6) is 0 Å². The van der Waals surface area contributed by atoms with E-state index < -0.39 is 0 Å². The molecule has 0 saturated carbocycles. The van der Waals surface area contributed by atoms with E-state index in [1.807, 2.05) is 17.8 Å². The van der Waals surface area contributed by atoms with Crippen LogP contribution in [0.4, 0.5) is 5.82 Å². The number of pyridine rings is 1. The van der Waals surface area contributed by atoms with Gasteiger partial charge in [0.1, 0.15) is 5.82 Å². The standard InChI is InChI=1S/C12H20N2S/c1-4-9-13-11-7-6-8-12(14-11)15-10(3)5-2/h6-8,10H,4-5,9H2,1-3H3,(H,13,14). The van der Waals surface area contributed by atoms with E-state index in [2.05, 4.69) is 43.2 Å². The average Bonchev–Trinajstić information content (AvgIpc) is 2.26. The van der Waals surface area contributed by atoms with Crippen LogP contribution >= 0.6 is 11.8 Å². The van der Waals surface area contributed by atoms with E-state index >= 15 is 0 Å². The molecule has 1 N–H and O–H groups in total. The molecule has 0 spiro atoms. The predicted molar refractivity (Wildman–Crippen MR) is 68.6 cm³/mol. The van der Waals surface area contributed by atoms with Crippen molar-refractivity contribution in [3.05, 3.63) is 18.2 Å². The lowest BCUT2D eigenvalue weighted by molar-refractivity contribution is 0.900. The van der Waals surface area contributed by atoms with Gasteiger partial charge in [-0.25, -0.2) is 4.98 Å². The number of aromatic nitrogens is 1. The Balaban J connectivity index is 2.57. The summed E-state index contributed by atoms with van der Waals surface area (Å²) >= 11 is 1.84. The minimum atomic E-state index is 0.638. The fourth-order valence-corrected chi connectivity index (χ4v) is 2.01. The quantitative estimate of drug-likeness (QED) is 0.744. The molecule has 0 aliphatic carbocycles. The zero-order valence-electron chi connectivity index (χ0n) is 9.79. The Bertz CT molecular complexity index is 289. The Kier molecular flexibility index (Phi) is 5.54. The summed E-state index contributed by atoms with van der Waals surface area (Å²) in [6, 6.07) is 6.17. The first-order valence-corrected chi connectivity index (χ1v) is 6.51. The Morgan fingerprint density at radius 1 is 1.40 bits per heavy atom. The number of rotatable bonds is 6. The van der Waals surface area contributed by atoms with Crippen molar-refractivity contribution in [3.63, 3.8) is 0 Å². The van der Waals surface area contributed by atoms with Crippen LogP contribution in [0.2, 0.25) is 0 Å². The highest BCUT2D eigenvalue weighted by molar-refractivity contribution is 7.99. The fraction of sp³-hybridized carbons (Fsp3) is 0.583. The van der Waals surface area contributed by atoms with Crippen molar-refractivity contribution in [1.29, 1.82) is 0 Å². The van der Waals surface area contributed by atoms with Gasteiger partial charge < -0.3 is 5.32 Å². The maximum Gasteiger partial charge on any atom is 0.127 e. The SMILES string of the molecule is CCCNc1cccc(SC(C)CC)n1. The number of nitrogens with one attached hydrogen (secondary N) is 1. The van der Waals surface area contributed by atoms with Crippen molar-refractivity contribution >= 4 is 17.6 Å². The van der Waals surface area contributed by atoms with E-state index in [1.165, 1.54) is 6.42 Å². The monoisotopic (exact) mass is 224 g/mol. The zero-order valence-corrected chi connectivity index (χ0v) is 10.6. The van der Waals surface area contributed by atoms with Gasteiger partial charge >= 0.3 is 0 Å². The molecule has 0 bridgehead atoms. The molecule has 0 aromatic carbocycles. The van der Waals surface area contributed by atoms with E-state index in [1.54, 1.807) is 0 Å². The van der Waals surface area contributed by atoms with Gasteiger partial charge in [0.25, 0.3) is 0 Å². The normalized spacial score (nSPS) is 12.5. The molecule has 2 nitrogen and oxygen atoms in total. The summed E-state index contributed by atoms with van der Waals surface area (Å²) in [4.78, 5) is 4.55. The van der Waals surface area contributed by atoms with Crippen LogP contribution in [0.1, 0.15) is 33.6 Å². The molecule has 1 aromatic heterocycles. The van der Waals surface area contributed by atoms with Crippen LogP contribution in [0.3, 0.4) is 0 Å². The first-order chi connectivity index (χ1) is 7.26. The predicted octanol–water partition coefficient (Wildman–Crippen LogP) is 3.79. The molecule has 84 valence electrons. The maximum atomic E-state index is 4.55. The van der Waals surface area contributed by atoms with Gasteiger partial charge in [-0.05, 0) is 25.0 Å². The molecule has 0 aliphatic rings. The molecule has 0 aliphatic heterocycles. The minimum Gasteiger partial charge on any atom is -0.370 e. The Morgan fingerprint density at radius 3 is 2.87 bits per heavy atom. The summed E-state index contributed by atoms with van der Waals surface area (Å²) < 4.78 is 0. The summed E-state index contributed by atoms with van der Waals surface area (Å²) in [5.74, 6) is 0.991. The Morgan fingerprint density at radius 2 is 2.20 bits per heavy atom. The largest absolute Gasteiger partial charge is 0.370 e. The van der Waals surface area contributed by atoms with Crippen LogP contribution in [0.25, 0.3) is 0 Å². The van der Waals surface area contributed by atoms with E-state index in [0.29, 0.717) is 5.25 Å². The minimum absolute atomic E-state index is 0.638. The topological polar surface area (TPSA) is 24.9 Å². The molecule has 1 unspecified atom stereocenters. The maximum absolute atomic E-state index is 4.55. The second kappa shape index (κ2) is 6.72. The van der Waals surface area contributed by atoms with Crippen molar-refractivity contribution in [2.75, 3.05) is 11.9 Å². The molecule has 1 aromatic rings. The lowest BCUT2D eigenvalue weighted by Crippen LogP contribution is -2.02. The highest BCUT2D eigenvalue weighted by atomic mass is 32.2. The molecular weight excluding hydrogens is 204 g/mol. The average molecular weight is 224 g/mol. The van der Waals surface area contributed by atoms with Crippen molar-refractivity contribution in [3.8, 4) is 0 Å². The molecular formula is C12H20N2S. The first kappa shape index (κ1) is 12.4. The Hall–Kier alpha value is -0.700. The van der Waals surface area contributed by atoms with Crippen LogP contribution in [-0.4, -0.2) is 16.8 Å². The number of anilines is 1. The molecule has 0 saturated heterocycles. The summed E-state index contributed by atoms with van der Waals surface area (Å²) in [5, 5.41) is 5.06. The fourth-order valence-electron chi connectivity index (χ4n) is 1.12. The molecule has 0 fully saturated rings. The second-order valence-electron chi connectivity index (χ2n) is 3.62. The van der Waals surface area contributed by atoms with E-state index in [4.69, 9.17) is 0 Å². The molecule has 1 rings (SSSR count). The van der Waals surface area contributed by atoms with Gasteiger partial charge in [-0.2, -0.15) is 0 Å². The molecule has 15 heavy (non-hydrogen) atoms. The van der Waals surface area contributed by atoms with E-state index in [9.17, 15) is 0 Å². The first-order valence-electron chi connectivity index (χ1n) is 5.63. The lowest BCUT2D eigenvalue weighted by Gasteiger charge is -2.09. The number of nitrogens with zero attached hydrogens (tertiary/aromatic N) is 1. The van der Waals surface area contributed by atoms with Crippen LogP contribution in [-0.2, 0) is 0 Å². The highest BCUT2D eigenvalue weighted by Crippen LogP contribution is 2.23. The Labute approximate surface area is 96.9 Å². The summed E-state index contributed by atoms with van der Waals surface area (Å²) in [5.41, 5.74) is 0.